The molecule has 114 valence electrons. The second-order valence-electron chi connectivity index (χ2n) is 5.68. The predicted octanol–water partition coefficient (Wildman–Crippen LogP) is 1.79. The first-order valence-electron chi connectivity index (χ1n) is 7.16. The molecule has 1 fully saturated rings. The number of nitrogens with two attached hydrogens (primary N) is 1. The number of amides is 1. The third-order valence-corrected chi connectivity index (χ3v) is 4.35. The summed E-state index contributed by atoms with van der Waals surface area (Å²) < 4.78 is 0. The number of anilines is 1. The zero-order valence-electron chi connectivity index (χ0n) is 12.2. The van der Waals surface area contributed by atoms with Crippen LogP contribution in [0.2, 0.25) is 0 Å². The van der Waals surface area contributed by atoms with Gasteiger partial charge < -0.3 is 15.7 Å². The van der Waals surface area contributed by atoms with Crippen LogP contribution in [0.25, 0.3) is 0 Å². The van der Waals surface area contributed by atoms with E-state index in [9.17, 15) is 14.7 Å². The lowest BCUT2D eigenvalue weighted by atomic mass is 9.78. The maximum Gasteiger partial charge on any atom is 0.305 e. The third kappa shape index (κ3) is 3.32. The number of aliphatic carboxylic acids is 1. The van der Waals surface area contributed by atoms with Crippen molar-refractivity contribution in [3.05, 3.63) is 23.9 Å². The fourth-order valence-electron chi connectivity index (χ4n) is 3.12. The van der Waals surface area contributed by atoms with E-state index in [-0.39, 0.29) is 6.42 Å². The van der Waals surface area contributed by atoms with E-state index in [2.05, 4.69) is 4.98 Å². The van der Waals surface area contributed by atoms with Crippen molar-refractivity contribution in [2.24, 2.45) is 5.73 Å². The Morgan fingerprint density at radius 3 is 2.62 bits per heavy atom. The molecule has 0 bridgehead atoms. The second kappa shape index (κ2) is 6.11. The first-order chi connectivity index (χ1) is 9.94. The van der Waals surface area contributed by atoms with Crippen LogP contribution in [-0.4, -0.2) is 34.6 Å². The SMILES string of the molecule is CN(c1cc(C(N)=O)ccn1)C1(CC(=O)O)CCCCC1. The zero-order valence-corrected chi connectivity index (χ0v) is 12.2. The molecule has 21 heavy (non-hydrogen) atoms. The number of hydrogen-bond acceptors (Lipinski definition) is 4. The van der Waals surface area contributed by atoms with Crippen molar-refractivity contribution in [3.63, 3.8) is 0 Å². The number of carbonyl (C=O) groups is 2. The highest BCUT2D eigenvalue weighted by Gasteiger charge is 2.39. The predicted molar refractivity (Wildman–Crippen MR) is 79.2 cm³/mol. The van der Waals surface area contributed by atoms with Crippen molar-refractivity contribution in [2.75, 3.05) is 11.9 Å². The molecular weight excluding hydrogens is 270 g/mol. The van der Waals surface area contributed by atoms with Gasteiger partial charge in [-0.3, -0.25) is 9.59 Å². The van der Waals surface area contributed by atoms with Gasteiger partial charge in [-0.25, -0.2) is 4.98 Å². The molecule has 1 aliphatic carbocycles. The molecule has 0 atom stereocenters. The number of carboxylic acids is 1. The summed E-state index contributed by atoms with van der Waals surface area (Å²) >= 11 is 0. The maximum absolute atomic E-state index is 11.3. The molecule has 0 unspecified atom stereocenters. The number of rotatable bonds is 5. The van der Waals surface area contributed by atoms with Gasteiger partial charge in [0, 0.05) is 18.8 Å². The van der Waals surface area contributed by atoms with Gasteiger partial charge in [-0.1, -0.05) is 19.3 Å². The van der Waals surface area contributed by atoms with Crippen molar-refractivity contribution < 1.29 is 14.7 Å². The Morgan fingerprint density at radius 2 is 2.05 bits per heavy atom. The van der Waals surface area contributed by atoms with E-state index in [4.69, 9.17) is 5.73 Å². The van der Waals surface area contributed by atoms with Gasteiger partial charge in [0.05, 0.1) is 12.0 Å². The van der Waals surface area contributed by atoms with Gasteiger partial charge in [-0.05, 0) is 25.0 Å². The number of primary amides is 1. The maximum atomic E-state index is 11.3. The molecule has 2 rings (SSSR count). The average Bonchev–Trinajstić information content (AvgIpc) is 2.47. The summed E-state index contributed by atoms with van der Waals surface area (Å²) in [5, 5.41) is 9.25. The summed E-state index contributed by atoms with van der Waals surface area (Å²) in [6, 6.07) is 3.19. The molecule has 1 aromatic heterocycles. The lowest BCUT2D eigenvalue weighted by molar-refractivity contribution is -0.138. The number of carboxylic acid groups (broad SMARTS) is 1. The van der Waals surface area contributed by atoms with Gasteiger partial charge in [0.25, 0.3) is 0 Å². The first kappa shape index (κ1) is 15.3. The first-order valence-corrected chi connectivity index (χ1v) is 7.16. The smallest absolute Gasteiger partial charge is 0.305 e. The molecule has 0 spiro atoms. The average molecular weight is 291 g/mol. The van der Waals surface area contributed by atoms with E-state index >= 15 is 0 Å². The fourth-order valence-corrected chi connectivity index (χ4v) is 3.12. The Balaban J connectivity index is 2.33. The minimum Gasteiger partial charge on any atom is -0.481 e. The van der Waals surface area contributed by atoms with E-state index in [1.54, 1.807) is 12.1 Å². The van der Waals surface area contributed by atoms with Crippen LogP contribution in [0.4, 0.5) is 5.82 Å². The summed E-state index contributed by atoms with van der Waals surface area (Å²) in [4.78, 5) is 28.7. The second-order valence-corrected chi connectivity index (χ2v) is 5.68. The third-order valence-electron chi connectivity index (χ3n) is 4.35. The van der Waals surface area contributed by atoms with Crippen LogP contribution < -0.4 is 10.6 Å². The van der Waals surface area contributed by atoms with Gasteiger partial charge in [-0.2, -0.15) is 0 Å². The molecule has 1 heterocycles. The molecule has 1 amide bonds. The summed E-state index contributed by atoms with van der Waals surface area (Å²) in [7, 11) is 1.85. The van der Waals surface area contributed by atoms with E-state index in [1.165, 1.54) is 6.20 Å². The van der Waals surface area contributed by atoms with E-state index in [1.807, 2.05) is 11.9 Å². The summed E-state index contributed by atoms with van der Waals surface area (Å²) in [5.41, 5.74) is 5.24. The molecular formula is C15H21N3O3. The van der Waals surface area contributed by atoms with Gasteiger partial charge in [0.1, 0.15) is 5.82 Å². The fraction of sp³-hybridized carbons (Fsp3) is 0.533. The van der Waals surface area contributed by atoms with Crippen LogP contribution in [0.5, 0.6) is 0 Å². The van der Waals surface area contributed by atoms with E-state index in [0.717, 1.165) is 32.1 Å². The Kier molecular flexibility index (Phi) is 4.45. The number of carbonyl (C=O) groups excluding carboxylic acids is 1. The Hall–Kier alpha value is -2.11. The number of aromatic nitrogens is 1. The normalized spacial score (nSPS) is 17.2. The minimum atomic E-state index is -0.810. The van der Waals surface area contributed by atoms with Crippen molar-refractivity contribution in [1.82, 2.24) is 4.98 Å². The van der Waals surface area contributed by atoms with Crippen molar-refractivity contribution >= 4 is 17.7 Å². The van der Waals surface area contributed by atoms with E-state index in [0.29, 0.717) is 11.4 Å². The van der Waals surface area contributed by atoms with Gasteiger partial charge in [0.2, 0.25) is 5.91 Å². The molecule has 6 heteroatoms. The molecule has 6 nitrogen and oxygen atoms in total. The molecule has 0 aromatic carbocycles. The van der Waals surface area contributed by atoms with Crippen molar-refractivity contribution in [1.29, 1.82) is 0 Å². The van der Waals surface area contributed by atoms with E-state index < -0.39 is 17.4 Å². The van der Waals surface area contributed by atoms with Gasteiger partial charge in [0.15, 0.2) is 0 Å². The molecule has 0 aliphatic heterocycles. The summed E-state index contributed by atoms with van der Waals surface area (Å²) in [5.74, 6) is -0.729. The standard InChI is InChI=1S/C15H21N3O3/c1-18(12-9-11(14(16)21)5-8-17-12)15(10-13(19)20)6-3-2-4-7-15/h5,8-9H,2-4,6-7,10H2,1H3,(H2,16,21)(H,19,20). The summed E-state index contributed by atoms with van der Waals surface area (Å²) in [6.07, 6.45) is 6.38. The molecule has 0 saturated heterocycles. The molecule has 1 aromatic rings. The van der Waals surface area contributed by atoms with Gasteiger partial charge >= 0.3 is 5.97 Å². The van der Waals surface area contributed by atoms with Crippen LogP contribution in [0.3, 0.4) is 0 Å². The number of pyridine rings is 1. The zero-order chi connectivity index (χ0) is 15.5. The lowest BCUT2D eigenvalue weighted by Gasteiger charge is -2.44. The molecule has 1 saturated carbocycles. The van der Waals surface area contributed by atoms with Crippen LogP contribution in [0.1, 0.15) is 48.9 Å². The van der Waals surface area contributed by atoms with Gasteiger partial charge in [-0.15, -0.1) is 0 Å². The topological polar surface area (TPSA) is 96.5 Å². The monoisotopic (exact) mass is 291 g/mol. The van der Waals surface area contributed by atoms with Crippen molar-refractivity contribution in [2.45, 2.75) is 44.1 Å². The number of hydrogen-bond donors (Lipinski definition) is 2. The van der Waals surface area contributed by atoms with Crippen LogP contribution in [-0.2, 0) is 4.79 Å². The molecule has 3 N–H and O–H groups in total. The molecule has 0 radical (unpaired) electrons. The highest BCUT2D eigenvalue weighted by molar-refractivity contribution is 5.93. The van der Waals surface area contributed by atoms with Crippen molar-refractivity contribution in [3.8, 4) is 0 Å². The highest BCUT2D eigenvalue weighted by atomic mass is 16.4. The number of nitrogens with zero attached hydrogens (tertiary/aromatic N) is 2. The summed E-state index contributed by atoms with van der Waals surface area (Å²) in [6.45, 7) is 0. The Morgan fingerprint density at radius 1 is 1.38 bits per heavy atom. The quantitative estimate of drug-likeness (QED) is 0.862. The Bertz CT molecular complexity index is 539. The minimum absolute atomic E-state index is 0.0754. The Labute approximate surface area is 124 Å². The molecule has 1 aliphatic rings. The van der Waals surface area contributed by atoms with Crippen LogP contribution in [0.15, 0.2) is 18.3 Å². The lowest BCUT2D eigenvalue weighted by Crippen LogP contribution is -2.50. The van der Waals surface area contributed by atoms with Crippen LogP contribution in [0, 0.1) is 0 Å². The largest absolute Gasteiger partial charge is 0.481 e. The highest BCUT2D eigenvalue weighted by Crippen LogP contribution is 2.37. The van der Waals surface area contributed by atoms with Crippen LogP contribution >= 0.6 is 0 Å².